The number of furan rings is 1. The summed E-state index contributed by atoms with van der Waals surface area (Å²) in [7, 11) is 0. The predicted molar refractivity (Wildman–Crippen MR) is 107 cm³/mol. The first-order valence-corrected chi connectivity index (χ1v) is 9.64. The van der Waals surface area contributed by atoms with E-state index in [4.69, 9.17) is 13.6 Å². The van der Waals surface area contributed by atoms with Gasteiger partial charge in [0.05, 0.1) is 0 Å². The smallest absolute Gasteiger partial charge is 0.325 e. The summed E-state index contributed by atoms with van der Waals surface area (Å²) >= 11 is 3.18. The molecule has 8 nitrogen and oxygen atoms in total. The van der Waals surface area contributed by atoms with Crippen LogP contribution in [0, 0.1) is 0 Å². The molecule has 29 heavy (non-hydrogen) atoms. The minimum absolute atomic E-state index is 0.000849. The van der Waals surface area contributed by atoms with Crippen molar-refractivity contribution in [2.24, 2.45) is 0 Å². The van der Waals surface area contributed by atoms with Crippen molar-refractivity contribution in [2.45, 2.75) is 32.8 Å². The Hall–Kier alpha value is -2.94. The molecule has 2 aromatic heterocycles. The molecular formula is C20H20BrN3O5. The van der Waals surface area contributed by atoms with E-state index >= 15 is 0 Å². The Morgan fingerprint density at radius 3 is 2.41 bits per heavy atom. The molecule has 0 atom stereocenters. The maximum absolute atomic E-state index is 12.2. The summed E-state index contributed by atoms with van der Waals surface area (Å²) in [6.45, 7) is 5.81. The van der Waals surface area contributed by atoms with E-state index in [0.717, 1.165) is 5.56 Å². The standard InChI is InChI=1S/C20H20BrN3O5/c1-20(2,3)13-6-4-12(5-7-13)18(26)22-10-17(25)27-11-16-23-24-19(29-16)14-8-9-15(21)28-14/h4-9H,10-11H2,1-3H3,(H,22,26). The number of amides is 1. The number of nitrogens with one attached hydrogen (secondary N) is 1. The van der Waals surface area contributed by atoms with Gasteiger partial charge in [-0.2, -0.15) is 0 Å². The Morgan fingerprint density at radius 1 is 1.07 bits per heavy atom. The zero-order valence-electron chi connectivity index (χ0n) is 16.2. The van der Waals surface area contributed by atoms with E-state index in [0.29, 0.717) is 16.0 Å². The Bertz CT molecular complexity index is 1000. The summed E-state index contributed by atoms with van der Waals surface area (Å²) in [5, 5.41) is 10.1. The van der Waals surface area contributed by atoms with Gasteiger partial charge in [-0.05, 0) is 51.2 Å². The van der Waals surface area contributed by atoms with Crippen molar-refractivity contribution < 1.29 is 23.2 Å². The van der Waals surface area contributed by atoms with Crippen molar-refractivity contribution >= 4 is 27.8 Å². The average Bonchev–Trinajstić information content (AvgIpc) is 3.32. The molecule has 0 fully saturated rings. The third-order valence-corrected chi connectivity index (χ3v) is 4.44. The van der Waals surface area contributed by atoms with Crippen molar-refractivity contribution in [3.8, 4) is 11.7 Å². The molecule has 0 radical (unpaired) electrons. The van der Waals surface area contributed by atoms with Gasteiger partial charge in [0.15, 0.2) is 17.0 Å². The zero-order chi connectivity index (χ0) is 21.0. The van der Waals surface area contributed by atoms with Gasteiger partial charge in [0, 0.05) is 5.56 Å². The number of rotatable bonds is 6. The lowest BCUT2D eigenvalue weighted by Gasteiger charge is -2.19. The van der Waals surface area contributed by atoms with Crippen LogP contribution >= 0.6 is 15.9 Å². The number of halogens is 1. The van der Waals surface area contributed by atoms with Crippen LogP contribution in [0.25, 0.3) is 11.7 Å². The SMILES string of the molecule is CC(C)(C)c1ccc(C(=O)NCC(=O)OCc2nnc(-c3ccc(Br)o3)o2)cc1. The maximum atomic E-state index is 12.2. The number of hydrogen-bond donors (Lipinski definition) is 1. The van der Waals surface area contributed by atoms with Crippen LogP contribution in [0.4, 0.5) is 0 Å². The summed E-state index contributed by atoms with van der Waals surface area (Å²) in [6, 6.07) is 10.6. The van der Waals surface area contributed by atoms with Crippen LogP contribution in [0.3, 0.4) is 0 Å². The Kier molecular flexibility index (Phi) is 6.17. The van der Waals surface area contributed by atoms with E-state index in [-0.39, 0.29) is 36.3 Å². The summed E-state index contributed by atoms with van der Waals surface area (Å²) in [4.78, 5) is 24.0. The van der Waals surface area contributed by atoms with Crippen molar-refractivity contribution in [3.63, 3.8) is 0 Å². The van der Waals surface area contributed by atoms with E-state index in [1.54, 1.807) is 24.3 Å². The van der Waals surface area contributed by atoms with Gasteiger partial charge in [-0.3, -0.25) is 9.59 Å². The number of hydrogen-bond acceptors (Lipinski definition) is 7. The Morgan fingerprint density at radius 2 is 1.79 bits per heavy atom. The maximum Gasteiger partial charge on any atom is 0.325 e. The fourth-order valence-electron chi connectivity index (χ4n) is 2.41. The Labute approximate surface area is 175 Å². The van der Waals surface area contributed by atoms with Crippen molar-refractivity contribution in [1.82, 2.24) is 15.5 Å². The van der Waals surface area contributed by atoms with Gasteiger partial charge < -0.3 is 18.9 Å². The van der Waals surface area contributed by atoms with E-state index < -0.39 is 5.97 Å². The van der Waals surface area contributed by atoms with Gasteiger partial charge in [-0.25, -0.2) is 0 Å². The quantitative estimate of drug-likeness (QED) is 0.555. The highest BCUT2D eigenvalue weighted by Gasteiger charge is 2.16. The summed E-state index contributed by atoms with van der Waals surface area (Å²) < 4.78 is 16.2. The van der Waals surface area contributed by atoms with Crippen LogP contribution in [0.15, 0.2) is 49.9 Å². The molecule has 0 aliphatic carbocycles. The van der Waals surface area contributed by atoms with Gasteiger partial charge >= 0.3 is 5.97 Å². The molecule has 3 aromatic rings. The molecule has 0 aliphatic rings. The first kappa shape index (κ1) is 20.8. The van der Waals surface area contributed by atoms with Crippen LogP contribution in [0.1, 0.15) is 42.6 Å². The molecule has 0 bridgehead atoms. The molecule has 0 unspecified atom stereocenters. The summed E-state index contributed by atoms with van der Waals surface area (Å²) in [6.07, 6.45) is 0. The number of nitrogens with zero attached hydrogens (tertiary/aromatic N) is 2. The highest BCUT2D eigenvalue weighted by molar-refractivity contribution is 9.10. The molecule has 3 rings (SSSR count). The van der Waals surface area contributed by atoms with E-state index in [1.165, 1.54) is 0 Å². The lowest BCUT2D eigenvalue weighted by Crippen LogP contribution is -2.30. The molecule has 2 heterocycles. The third-order valence-electron chi connectivity index (χ3n) is 4.01. The molecular weight excluding hydrogens is 442 g/mol. The number of ether oxygens (including phenoxy) is 1. The highest BCUT2D eigenvalue weighted by Crippen LogP contribution is 2.24. The predicted octanol–water partition coefficient (Wildman–Crippen LogP) is 3.86. The number of carbonyl (C=O) groups is 2. The lowest BCUT2D eigenvalue weighted by atomic mass is 9.87. The van der Waals surface area contributed by atoms with E-state index in [2.05, 4.69) is 52.2 Å². The van der Waals surface area contributed by atoms with Gasteiger partial charge in [0.25, 0.3) is 17.7 Å². The molecule has 1 N–H and O–H groups in total. The number of carbonyl (C=O) groups excluding carboxylic acids is 2. The van der Waals surface area contributed by atoms with Crippen molar-refractivity contribution in [2.75, 3.05) is 6.54 Å². The lowest BCUT2D eigenvalue weighted by molar-refractivity contribution is -0.144. The van der Waals surface area contributed by atoms with Crippen LogP contribution in [0.2, 0.25) is 0 Å². The largest absolute Gasteiger partial charge is 0.454 e. The molecule has 1 amide bonds. The molecule has 0 saturated carbocycles. The van der Waals surface area contributed by atoms with Gasteiger partial charge in [0.1, 0.15) is 6.54 Å². The van der Waals surface area contributed by atoms with E-state index in [1.807, 2.05) is 12.1 Å². The minimum atomic E-state index is -0.620. The topological polar surface area (TPSA) is 107 Å². The molecule has 152 valence electrons. The van der Waals surface area contributed by atoms with Crippen molar-refractivity contribution in [3.05, 3.63) is 58.1 Å². The van der Waals surface area contributed by atoms with Gasteiger partial charge in [-0.1, -0.05) is 32.9 Å². The second-order valence-corrected chi connectivity index (χ2v) is 8.06. The van der Waals surface area contributed by atoms with Gasteiger partial charge in [0.2, 0.25) is 0 Å². The first-order chi connectivity index (χ1) is 13.7. The van der Waals surface area contributed by atoms with Crippen LogP contribution in [-0.2, 0) is 21.6 Å². The molecule has 0 aliphatic heterocycles. The summed E-state index contributed by atoms with van der Waals surface area (Å²) in [5.41, 5.74) is 1.59. The van der Waals surface area contributed by atoms with Crippen LogP contribution in [-0.4, -0.2) is 28.6 Å². The normalized spacial score (nSPS) is 11.3. The van der Waals surface area contributed by atoms with Gasteiger partial charge in [-0.15, -0.1) is 10.2 Å². The second kappa shape index (κ2) is 8.60. The van der Waals surface area contributed by atoms with Crippen LogP contribution in [0.5, 0.6) is 0 Å². The number of benzene rings is 1. The van der Waals surface area contributed by atoms with Crippen LogP contribution < -0.4 is 5.32 Å². The minimum Gasteiger partial charge on any atom is -0.454 e. The highest BCUT2D eigenvalue weighted by atomic mass is 79.9. The third kappa shape index (κ3) is 5.54. The molecule has 0 saturated heterocycles. The first-order valence-electron chi connectivity index (χ1n) is 8.85. The molecule has 0 spiro atoms. The fourth-order valence-corrected chi connectivity index (χ4v) is 2.72. The summed E-state index contributed by atoms with van der Waals surface area (Å²) in [5.74, 6) is -0.290. The average molecular weight is 462 g/mol. The Balaban J connectivity index is 1.46. The zero-order valence-corrected chi connectivity index (χ0v) is 17.8. The number of esters is 1. The number of aromatic nitrogens is 2. The second-order valence-electron chi connectivity index (χ2n) is 7.28. The molecule has 9 heteroatoms. The van der Waals surface area contributed by atoms with Crippen molar-refractivity contribution in [1.29, 1.82) is 0 Å². The fraction of sp³-hybridized carbons (Fsp3) is 0.300. The van der Waals surface area contributed by atoms with E-state index in [9.17, 15) is 9.59 Å². The molecule has 1 aromatic carbocycles. The monoisotopic (exact) mass is 461 g/mol.